The Morgan fingerprint density at radius 3 is 2.88 bits per heavy atom. The topological polar surface area (TPSA) is 49.3 Å². The first-order chi connectivity index (χ1) is 7.56. The van der Waals surface area contributed by atoms with Gasteiger partial charge in [0.2, 0.25) is 0 Å². The molecule has 1 aliphatic rings. The molecule has 1 aromatic rings. The Hall–Kier alpha value is -1.27. The van der Waals surface area contributed by atoms with Crippen molar-refractivity contribution in [3.05, 3.63) is 28.7 Å². The molecule has 2 N–H and O–H groups in total. The third-order valence-corrected chi connectivity index (χ3v) is 3.27. The molecule has 0 aliphatic carbocycles. The molecule has 0 radical (unpaired) electrons. The second kappa shape index (κ2) is 4.31. The second-order valence-corrected chi connectivity index (χ2v) is 5.13. The van der Waals surface area contributed by atoms with Crippen LogP contribution in [0.25, 0.3) is 6.08 Å². The summed E-state index contributed by atoms with van der Waals surface area (Å²) in [6.07, 6.45) is 1.64. The Morgan fingerprint density at radius 2 is 2.25 bits per heavy atom. The van der Waals surface area contributed by atoms with Crippen molar-refractivity contribution < 1.29 is 9.90 Å². The van der Waals surface area contributed by atoms with Gasteiger partial charge in [-0.3, -0.25) is 4.79 Å². The molecule has 0 unspecified atom stereocenters. The quantitative estimate of drug-likeness (QED) is 0.422. The number of thioether (sulfide) groups is 1. The van der Waals surface area contributed by atoms with Gasteiger partial charge < -0.3 is 10.4 Å². The van der Waals surface area contributed by atoms with E-state index in [0.29, 0.717) is 14.8 Å². The fourth-order valence-corrected chi connectivity index (χ4v) is 2.39. The van der Waals surface area contributed by atoms with E-state index in [0.717, 1.165) is 5.46 Å². The average molecular weight is 249 g/mol. The van der Waals surface area contributed by atoms with E-state index in [2.05, 4.69) is 5.32 Å². The molecular weight excluding hydrogens is 241 g/mol. The summed E-state index contributed by atoms with van der Waals surface area (Å²) in [6.45, 7) is 0. The van der Waals surface area contributed by atoms with E-state index in [1.807, 2.05) is 20.0 Å². The lowest BCUT2D eigenvalue weighted by Gasteiger charge is -2.01. The van der Waals surface area contributed by atoms with Gasteiger partial charge >= 0.3 is 0 Å². The average Bonchev–Trinajstić information content (AvgIpc) is 2.51. The van der Waals surface area contributed by atoms with Crippen molar-refractivity contribution in [2.24, 2.45) is 0 Å². The van der Waals surface area contributed by atoms with Crippen LogP contribution in [0.2, 0.25) is 0 Å². The number of aromatic hydroxyl groups is 1. The van der Waals surface area contributed by atoms with E-state index in [1.54, 1.807) is 12.1 Å². The molecule has 3 nitrogen and oxygen atoms in total. The molecule has 0 atom stereocenters. The zero-order valence-electron chi connectivity index (χ0n) is 8.48. The molecule has 2 rings (SSSR count). The normalized spacial score (nSPS) is 17.9. The van der Waals surface area contributed by atoms with Crippen molar-refractivity contribution in [1.82, 2.24) is 5.32 Å². The largest absolute Gasteiger partial charge is 0.507 e. The van der Waals surface area contributed by atoms with Crippen molar-refractivity contribution in [1.29, 1.82) is 0 Å². The Morgan fingerprint density at radius 1 is 1.50 bits per heavy atom. The van der Waals surface area contributed by atoms with Gasteiger partial charge in [0.1, 0.15) is 17.9 Å². The molecule has 0 bridgehead atoms. The monoisotopic (exact) mass is 249 g/mol. The van der Waals surface area contributed by atoms with E-state index in [-0.39, 0.29) is 11.7 Å². The minimum absolute atomic E-state index is 0.157. The van der Waals surface area contributed by atoms with Crippen molar-refractivity contribution in [2.45, 2.75) is 0 Å². The maximum atomic E-state index is 11.4. The van der Waals surface area contributed by atoms with E-state index in [9.17, 15) is 9.90 Å². The van der Waals surface area contributed by atoms with Crippen LogP contribution in [0.15, 0.2) is 23.1 Å². The lowest BCUT2D eigenvalue weighted by Crippen LogP contribution is -2.17. The maximum Gasteiger partial charge on any atom is 0.263 e. The van der Waals surface area contributed by atoms with Crippen LogP contribution in [0.4, 0.5) is 0 Å². The smallest absolute Gasteiger partial charge is 0.263 e. The van der Waals surface area contributed by atoms with Crippen LogP contribution in [0.3, 0.4) is 0 Å². The predicted octanol–water partition coefficient (Wildman–Crippen LogP) is 0.139. The van der Waals surface area contributed by atoms with E-state index in [4.69, 9.17) is 12.2 Å². The Labute approximate surface area is 103 Å². The molecule has 16 heavy (non-hydrogen) atoms. The Kier molecular flexibility index (Phi) is 3.02. The highest BCUT2D eigenvalue weighted by molar-refractivity contribution is 8.26. The third-order valence-electron chi connectivity index (χ3n) is 2.11. The number of nitrogens with one attached hydrogen (secondary N) is 1. The van der Waals surface area contributed by atoms with Gasteiger partial charge in [0.25, 0.3) is 5.91 Å². The van der Waals surface area contributed by atoms with Crippen LogP contribution in [0, 0.1) is 0 Å². The van der Waals surface area contributed by atoms with Gasteiger partial charge in [0, 0.05) is 5.56 Å². The maximum absolute atomic E-state index is 11.4. The first-order valence-electron chi connectivity index (χ1n) is 4.61. The number of amides is 1. The fraction of sp³-hybridized carbons (Fsp3) is 0. The van der Waals surface area contributed by atoms with Crippen LogP contribution >= 0.6 is 24.0 Å². The molecule has 1 saturated heterocycles. The number of thiocarbonyl (C=S) groups is 1. The number of phenols is 1. The molecule has 6 heteroatoms. The molecular formula is C10H8BNO2S2. The van der Waals surface area contributed by atoms with Crippen LogP contribution in [-0.4, -0.2) is 23.2 Å². The minimum atomic E-state index is -0.212. The number of hydrogen-bond donors (Lipinski definition) is 2. The highest BCUT2D eigenvalue weighted by atomic mass is 32.2. The summed E-state index contributed by atoms with van der Waals surface area (Å²) in [5.74, 6) is -0.0553. The van der Waals surface area contributed by atoms with Gasteiger partial charge in [-0.25, -0.2) is 0 Å². The van der Waals surface area contributed by atoms with Crippen molar-refractivity contribution in [3.63, 3.8) is 0 Å². The number of benzene rings is 1. The molecule has 80 valence electrons. The number of rotatable bonds is 1. The summed E-state index contributed by atoms with van der Waals surface area (Å²) >= 11 is 6.08. The summed E-state index contributed by atoms with van der Waals surface area (Å²) in [5.41, 5.74) is 1.65. The summed E-state index contributed by atoms with van der Waals surface area (Å²) in [4.78, 5) is 11.9. The van der Waals surface area contributed by atoms with E-state index >= 15 is 0 Å². The second-order valence-electron chi connectivity index (χ2n) is 3.41. The third kappa shape index (κ3) is 2.28. The van der Waals surface area contributed by atoms with Gasteiger partial charge in [0.05, 0.1) is 4.91 Å². The van der Waals surface area contributed by atoms with Crippen molar-refractivity contribution in [2.75, 3.05) is 0 Å². The van der Waals surface area contributed by atoms with Gasteiger partial charge in [-0.1, -0.05) is 41.6 Å². The molecule has 1 amide bonds. The first-order valence-corrected chi connectivity index (χ1v) is 5.83. The highest BCUT2D eigenvalue weighted by Crippen LogP contribution is 2.28. The predicted molar refractivity (Wildman–Crippen MR) is 72.6 cm³/mol. The molecule has 1 aliphatic heterocycles. The summed E-state index contributed by atoms with van der Waals surface area (Å²) in [7, 11) is 1.92. The van der Waals surface area contributed by atoms with Gasteiger partial charge in [-0.15, -0.1) is 0 Å². The van der Waals surface area contributed by atoms with Crippen LogP contribution < -0.4 is 10.8 Å². The van der Waals surface area contributed by atoms with E-state index < -0.39 is 0 Å². The van der Waals surface area contributed by atoms with Gasteiger partial charge in [0.15, 0.2) is 0 Å². The highest BCUT2D eigenvalue weighted by Gasteiger charge is 2.22. The molecule has 0 saturated carbocycles. The lowest BCUT2D eigenvalue weighted by atomic mass is 9.94. The number of carbonyl (C=O) groups is 1. The van der Waals surface area contributed by atoms with Crippen LogP contribution in [-0.2, 0) is 4.79 Å². The van der Waals surface area contributed by atoms with Crippen molar-refractivity contribution >= 4 is 53.6 Å². The first kappa shape index (κ1) is 11.2. The molecule has 1 aromatic carbocycles. The Bertz CT molecular complexity index is 514. The molecule has 1 fully saturated rings. The summed E-state index contributed by atoms with van der Waals surface area (Å²) in [6, 6.07) is 5.24. The number of hydrogen-bond acceptors (Lipinski definition) is 4. The fourth-order valence-electron chi connectivity index (χ4n) is 1.35. The number of carbonyl (C=O) groups excluding carboxylic acids is 1. The zero-order valence-corrected chi connectivity index (χ0v) is 10.1. The standard InChI is InChI=1S/C10H8BNO2S2/c11-6-1-2-7(13)5(3-6)4-8-9(14)12-10(15)16-8/h1-4,13H,11H2,(H,12,14,15)/b8-4-. The van der Waals surface area contributed by atoms with Gasteiger partial charge in [-0.05, 0) is 12.1 Å². The van der Waals surface area contributed by atoms with Gasteiger partial charge in [-0.2, -0.15) is 0 Å². The molecule has 0 spiro atoms. The summed E-state index contributed by atoms with van der Waals surface area (Å²) in [5, 5.41) is 12.2. The Balaban J connectivity index is 2.39. The minimum Gasteiger partial charge on any atom is -0.507 e. The SMILES string of the molecule is Bc1ccc(O)c(/C=C2\SC(=S)NC2=O)c1. The van der Waals surface area contributed by atoms with Crippen molar-refractivity contribution in [3.8, 4) is 5.75 Å². The van der Waals surface area contributed by atoms with E-state index in [1.165, 1.54) is 11.8 Å². The summed E-state index contributed by atoms with van der Waals surface area (Å²) < 4.78 is 0.448. The van der Waals surface area contributed by atoms with Crippen LogP contribution in [0.1, 0.15) is 5.56 Å². The lowest BCUT2D eigenvalue weighted by molar-refractivity contribution is -0.115. The molecule has 0 aromatic heterocycles. The zero-order chi connectivity index (χ0) is 11.7. The van der Waals surface area contributed by atoms with Crippen LogP contribution in [0.5, 0.6) is 5.75 Å². The molecule has 1 heterocycles. The number of phenolic OH excluding ortho intramolecular Hbond substituents is 1.